The molecule has 6 unspecified atom stereocenters. The van der Waals surface area contributed by atoms with Crippen molar-refractivity contribution in [3.8, 4) is 0 Å². The van der Waals surface area contributed by atoms with Crippen molar-refractivity contribution in [2.75, 3.05) is 6.54 Å². The molecule has 5 nitrogen and oxygen atoms in total. The lowest BCUT2D eigenvalue weighted by atomic mass is 9.73. The molecule has 2 saturated carbocycles. The van der Waals surface area contributed by atoms with E-state index in [0.29, 0.717) is 29.6 Å². The van der Waals surface area contributed by atoms with E-state index in [9.17, 15) is 9.18 Å². The first-order chi connectivity index (χ1) is 12.5. The van der Waals surface area contributed by atoms with E-state index in [1.165, 1.54) is 25.2 Å². The number of hydrogen-bond donors (Lipinski definition) is 1. The lowest BCUT2D eigenvalue weighted by Gasteiger charge is -2.49. The molecule has 26 heavy (non-hydrogen) atoms. The number of carbonyl (C=O) groups excluding carboxylic acids is 1. The number of hydrogen-bond acceptors (Lipinski definition) is 3. The van der Waals surface area contributed by atoms with Gasteiger partial charge in [-0.15, -0.1) is 0 Å². The number of rotatable bonds is 2. The minimum Gasteiger partial charge on any atom is -0.335 e. The number of carbonyl (C=O) groups is 1. The number of halogens is 1. The first kappa shape index (κ1) is 17.7. The quantitative estimate of drug-likeness (QED) is 0.874. The van der Waals surface area contributed by atoms with Crippen molar-refractivity contribution in [2.45, 2.75) is 70.4 Å². The minimum absolute atomic E-state index is 0.101. The maximum absolute atomic E-state index is 13.1. The summed E-state index contributed by atoms with van der Waals surface area (Å²) in [7, 11) is 0. The molecule has 0 radical (unpaired) electrons. The Balaban J connectivity index is 1.40. The van der Waals surface area contributed by atoms with Gasteiger partial charge in [0.2, 0.25) is 0 Å². The van der Waals surface area contributed by atoms with E-state index in [4.69, 9.17) is 0 Å². The second kappa shape index (κ2) is 7.12. The van der Waals surface area contributed by atoms with Crippen LogP contribution in [0.1, 0.15) is 64.1 Å². The number of amides is 2. The van der Waals surface area contributed by atoms with Gasteiger partial charge in [-0.2, -0.15) is 0 Å². The van der Waals surface area contributed by atoms with Gasteiger partial charge in [0.15, 0.2) is 5.82 Å². The van der Waals surface area contributed by atoms with Gasteiger partial charge in [0.25, 0.3) is 0 Å². The van der Waals surface area contributed by atoms with Crippen LogP contribution in [0.4, 0.5) is 9.18 Å². The van der Waals surface area contributed by atoms with E-state index in [2.05, 4.69) is 34.0 Å². The van der Waals surface area contributed by atoms with Crippen LogP contribution in [0.2, 0.25) is 0 Å². The summed E-state index contributed by atoms with van der Waals surface area (Å²) in [5, 5.41) is 3.28. The number of piperidine rings is 2. The van der Waals surface area contributed by atoms with Crippen molar-refractivity contribution in [3.05, 3.63) is 24.0 Å². The van der Waals surface area contributed by atoms with Crippen LogP contribution >= 0.6 is 0 Å². The number of aromatic nitrogens is 2. The van der Waals surface area contributed by atoms with Crippen molar-refractivity contribution >= 4 is 6.03 Å². The summed E-state index contributed by atoms with van der Waals surface area (Å²) < 4.78 is 13.1. The van der Waals surface area contributed by atoms with Gasteiger partial charge in [0.05, 0.1) is 12.4 Å². The van der Waals surface area contributed by atoms with Crippen LogP contribution in [0, 0.1) is 23.6 Å². The van der Waals surface area contributed by atoms with Crippen LogP contribution in [0.25, 0.3) is 0 Å². The molecule has 1 N–H and O–H groups in total. The molecule has 4 fully saturated rings. The molecule has 1 aromatic rings. The Bertz CT molecular complexity index is 652. The molecule has 0 aromatic carbocycles. The van der Waals surface area contributed by atoms with Gasteiger partial charge < -0.3 is 10.2 Å². The fourth-order valence-electron chi connectivity index (χ4n) is 5.35. The molecule has 4 aliphatic rings. The molecule has 6 atom stereocenters. The maximum atomic E-state index is 13.1. The maximum Gasteiger partial charge on any atom is 0.317 e. The molecule has 2 saturated heterocycles. The van der Waals surface area contributed by atoms with Crippen LogP contribution in [0.5, 0.6) is 0 Å². The van der Waals surface area contributed by atoms with E-state index < -0.39 is 5.82 Å². The van der Waals surface area contributed by atoms with Gasteiger partial charge in [-0.1, -0.05) is 13.8 Å². The van der Waals surface area contributed by atoms with E-state index in [1.807, 2.05) is 0 Å². The first-order valence-corrected chi connectivity index (χ1v) is 10.1. The molecule has 3 heterocycles. The highest BCUT2D eigenvalue weighted by Gasteiger charge is 2.41. The molecule has 2 aliphatic heterocycles. The zero-order valence-electron chi connectivity index (χ0n) is 15.7. The lowest BCUT2D eigenvalue weighted by Crippen LogP contribution is -2.58. The smallest absolute Gasteiger partial charge is 0.317 e. The van der Waals surface area contributed by atoms with Crippen molar-refractivity contribution < 1.29 is 9.18 Å². The number of fused-ring (bicyclic) bond motifs is 3. The molecule has 142 valence electrons. The van der Waals surface area contributed by atoms with Crippen LogP contribution in [-0.4, -0.2) is 39.5 Å². The molecular formula is C20H29FN4O. The Labute approximate surface area is 154 Å². The summed E-state index contributed by atoms with van der Waals surface area (Å²) in [6.45, 7) is 5.38. The summed E-state index contributed by atoms with van der Waals surface area (Å²) in [5.74, 6) is 2.19. The molecular weight excluding hydrogens is 331 g/mol. The van der Waals surface area contributed by atoms with Crippen molar-refractivity contribution in [1.82, 2.24) is 20.2 Å². The number of nitrogens with one attached hydrogen (secondary N) is 1. The van der Waals surface area contributed by atoms with Gasteiger partial charge in [-0.05, 0) is 56.3 Å². The molecule has 5 rings (SSSR count). The zero-order valence-corrected chi connectivity index (χ0v) is 15.7. The van der Waals surface area contributed by atoms with Crippen molar-refractivity contribution in [3.63, 3.8) is 0 Å². The summed E-state index contributed by atoms with van der Waals surface area (Å²) in [5.41, 5.74) is 0. The summed E-state index contributed by atoms with van der Waals surface area (Å²) >= 11 is 0. The molecule has 2 bridgehead atoms. The largest absolute Gasteiger partial charge is 0.335 e. The van der Waals surface area contributed by atoms with Crippen LogP contribution < -0.4 is 5.32 Å². The molecule has 1 aromatic heterocycles. The highest BCUT2D eigenvalue weighted by molar-refractivity contribution is 5.75. The molecule has 2 aliphatic carbocycles. The van der Waals surface area contributed by atoms with E-state index in [1.54, 1.807) is 0 Å². The fraction of sp³-hybridized carbons (Fsp3) is 0.750. The van der Waals surface area contributed by atoms with E-state index >= 15 is 0 Å². The number of nitrogens with zero attached hydrogens (tertiary/aromatic N) is 3. The summed E-state index contributed by atoms with van der Waals surface area (Å²) in [4.78, 5) is 23.4. The average Bonchev–Trinajstić information content (AvgIpc) is 2.64. The monoisotopic (exact) mass is 360 g/mol. The molecule has 6 heteroatoms. The van der Waals surface area contributed by atoms with Gasteiger partial charge >= 0.3 is 6.03 Å². The first-order valence-electron chi connectivity index (χ1n) is 10.1. The number of urea groups is 1. The van der Waals surface area contributed by atoms with Crippen LogP contribution in [0.15, 0.2) is 12.4 Å². The van der Waals surface area contributed by atoms with Crippen molar-refractivity contribution in [1.29, 1.82) is 0 Å². The predicted octanol–water partition coefficient (Wildman–Crippen LogP) is 3.72. The van der Waals surface area contributed by atoms with Crippen molar-refractivity contribution in [2.24, 2.45) is 17.8 Å². The molecule has 2 amide bonds. The third-order valence-electron chi connectivity index (χ3n) is 6.84. The van der Waals surface area contributed by atoms with Gasteiger partial charge in [0, 0.05) is 24.5 Å². The topological polar surface area (TPSA) is 58.1 Å². The normalized spacial score (nSPS) is 36.8. The Kier molecular flexibility index (Phi) is 4.84. The second-order valence-corrected chi connectivity index (χ2v) is 8.68. The zero-order chi connectivity index (χ0) is 18.3. The molecule has 0 spiro atoms. The lowest BCUT2D eigenvalue weighted by molar-refractivity contribution is 0.0335. The highest BCUT2D eigenvalue weighted by atomic mass is 19.1. The van der Waals surface area contributed by atoms with E-state index in [0.717, 1.165) is 32.2 Å². The summed E-state index contributed by atoms with van der Waals surface area (Å²) in [6, 6.07) is 0.649. The van der Waals surface area contributed by atoms with Gasteiger partial charge in [0.1, 0.15) is 5.82 Å². The Hall–Kier alpha value is -1.72. The Morgan fingerprint density at radius 2 is 1.88 bits per heavy atom. The Morgan fingerprint density at radius 1 is 1.12 bits per heavy atom. The van der Waals surface area contributed by atoms with Crippen LogP contribution in [-0.2, 0) is 0 Å². The Morgan fingerprint density at radius 3 is 2.58 bits per heavy atom. The summed E-state index contributed by atoms with van der Waals surface area (Å²) in [6.07, 6.45) is 9.00. The third kappa shape index (κ3) is 3.42. The van der Waals surface area contributed by atoms with Gasteiger partial charge in [-0.3, -0.25) is 0 Å². The highest BCUT2D eigenvalue weighted by Crippen LogP contribution is 2.39. The minimum atomic E-state index is -0.406. The third-order valence-corrected chi connectivity index (χ3v) is 6.84. The van der Waals surface area contributed by atoms with Gasteiger partial charge in [-0.25, -0.2) is 19.2 Å². The predicted molar refractivity (Wildman–Crippen MR) is 97.1 cm³/mol. The SMILES string of the molecule is CC1CCC(NC(=O)N2CC3CCC2C(C)C3)CC1c1ncc(F)cn1. The second-order valence-electron chi connectivity index (χ2n) is 8.68. The van der Waals surface area contributed by atoms with Crippen LogP contribution in [0.3, 0.4) is 0 Å². The standard InChI is InChI=1S/C20H29FN4O/c1-12-3-5-16(8-17(12)19-22-9-15(21)10-23-19)24-20(26)25-11-14-4-6-18(25)13(2)7-14/h9-10,12-14,16-18H,3-8,11H2,1-2H3,(H,24,26). The van der Waals surface area contributed by atoms with E-state index in [-0.39, 0.29) is 18.0 Å². The average molecular weight is 360 g/mol. The fourth-order valence-corrected chi connectivity index (χ4v) is 5.35.